The molecule has 0 fully saturated rings. The molecule has 0 aliphatic carbocycles. The van der Waals surface area contributed by atoms with Crippen molar-refractivity contribution in [2.75, 3.05) is 6.61 Å². The summed E-state index contributed by atoms with van der Waals surface area (Å²) in [5, 5.41) is 0. The molecule has 0 aliphatic rings. The van der Waals surface area contributed by atoms with E-state index in [4.69, 9.17) is 14.2 Å². The molecule has 0 saturated heterocycles. The second-order valence-electron chi connectivity index (χ2n) is 12.8. The Morgan fingerprint density at radius 2 is 0.936 bits per heavy atom. The van der Waals surface area contributed by atoms with Crippen LogP contribution in [0.15, 0.2) is 72.8 Å². The fourth-order valence-corrected chi connectivity index (χ4v) is 5.67. The number of hydrogen-bond donors (Lipinski definition) is 0. The normalized spacial score (nSPS) is 11.6. The molecule has 0 unspecified atom stereocenters. The van der Waals surface area contributed by atoms with E-state index in [-0.39, 0.29) is 12.1 Å². The predicted molar refractivity (Wildman–Crippen MR) is 193 cm³/mol. The Kier molecular flexibility index (Phi) is 18.4. The number of ether oxygens (including phenoxy) is 3. The van der Waals surface area contributed by atoms with E-state index in [9.17, 15) is 9.59 Å². The van der Waals surface area contributed by atoms with Gasteiger partial charge in [0.05, 0.1) is 23.8 Å². The summed E-state index contributed by atoms with van der Waals surface area (Å²) in [4.78, 5) is 25.3. The molecule has 0 aliphatic heterocycles. The van der Waals surface area contributed by atoms with Gasteiger partial charge >= 0.3 is 11.9 Å². The van der Waals surface area contributed by atoms with Crippen LogP contribution in [0.5, 0.6) is 11.5 Å². The number of esters is 2. The Hall–Kier alpha value is -3.60. The average Bonchev–Trinajstić information content (AvgIpc) is 3.09. The molecule has 0 amide bonds. The van der Waals surface area contributed by atoms with Gasteiger partial charge < -0.3 is 14.2 Å². The zero-order valence-electron chi connectivity index (χ0n) is 29.3. The minimum atomic E-state index is -0.449. The van der Waals surface area contributed by atoms with Crippen molar-refractivity contribution in [3.63, 3.8) is 0 Å². The number of rotatable bonds is 24. The van der Waals surface area contributed by atoms with Crippen molar-refractivity contribution in [1.82, 2.24) is 0 Å². The Balaban J connectivity index is 1.35. The molecule has 1 atom stereocenters. The maximum absolute atomic E-state index is 12.8. The van der Waals surface area contributed by atoms with Crippen LogP contribution in [-0.2, 0) is 4.74 Å². The van der Waals surface area contributed by atoms with Crippen LogP contribution in [0.1, 0.15) is 151 Å². The first-order chi connectivity index (χ1) is 23.0. The maximum Gasteiger partial charge on any atom is 0.343 e. The highest BCUT2D eigenvalue weighted by molar-refractivity contribution is 5.92. The number of unbranched alkanes of at least 4 members (excludes halogenated alkanes) is 14. The van der Waals surface area contributed by atoms with Crippen LogP contribution in [-0.4, -0.2) is 24.6 Å². The molecule has 0 aromatic heterocycles. The van der Waals surface area contributed by atoms with Gasteiger partial charge in [-0.3, -0.25) is 0 Å². The smallest absolute Gasteiger partial charge is 0.343 e. The molecule has 5 heteroatoms. The fourth-order valence-electron chi connectivity index (χ4n) is 5.67. The number of carbonyl (C=O) groups excluding carboxylic acids is 2. The number of hydrogen-bond acceptors (Lipinski definition) is 5. The summed E-state index contributed by atoms with van der Waals surface area (Å²) in [6, 6.07) is 22.0. The fraction of sp³-hybridized carbons (Fsp3) is 0.524. The SMILES string of the molecule is CCCCCCCCCCCCOc1ccc(-c2ccc(C(=O)Oc3ccc(C(=O)O[C@H](C)CCCCCCCC)cc3)cc2)cc1. The standard InChI is InChI=1S/C42H58O5/c1-4-6-8-10-12-13-14-15-17-19-33-45-39-29-25-36(26-30-39)35-21-23-37(24-22-35)42(44)47-40-31-27-38(28-32-40)41(43)46-34(3)20-18-16-11-9-7-5-2/h21-32,34H,4-20,33H2,1-3H3/t34-/m1/s1. The summed E-state index contributed by atoms with van der Waals surface area (Å²) in [6.07, 6.45) is 21.2. The van der Waals surface area contributed by atoms with Crippen molar-refractivity contribution in [2.45, 2.75) is 136 Å². The first kappa shape index (κ1) is 37.9. The van der Waals surface area contributed by atoms with Gasteiger partial charge in [0.2, 0.25) is 0 Å². The van der Waals surface area contributed by atoms with E-state index in [1.54, 1.807) is 36.4 Å². The van der Waals surface area contributed by atoms with Gasteiger partial charge in [0.25, 0.3) is 0 Å². The lowest BCUT2D eigenvalue weighted by Gasteiger charge is -2.13. The van der Waals surface area contributed by atoms with Crippen LogP contribution in [0.4, 0.5) is 0 Å². The molecular weight excluding hydrogens is 584 g/mol. The molecule has 0 spiro atoms. The predicted octanol–water partition coefficient (Wildman–Crippen LogP) is 12.2. The monoisotopic (exact) mass is 642 g/mol. The van der Waals surface area contributed by atoms with Crippen molar-refractivity contribution in [1.29, 1.82) is 0 Å². The zero-order valence-corrected chi connectivity index (χ0v) is 29.3. The lowest BCUT2D eigenvalue weighted by molar-refractivity contribution is 0.0319. The second kappa shape index (κ2) is 22.8. The van der Waals surface area contributed by atoms with Crippen LogP contribution in [0.2, 0.25) is 0 Å². The molecule has 256 valence electrons. The molecule has 5 nitrogen and oxygen atoms in total. The third kappa shape index (κ3) is 15.2. The molecule has 0 radical (unpaired) electrons. The zero-order chi connectivity index (χ0) is 33.5. The van der Waals surface area contributed by atoms with Crippen molar-refractivity contribution < 1.29 is 23.8 Å². The van der Waals surface area contributed by atoms with Gasteiger partial charge in [0, 0.05) is 0 Å². The van der Waals surface area contributed by atoms with E-state index in [0.717, 1.165) is 42.7 Å². The first-order valence-electron chi connectivity index (χ1n) is 18.4. The van der Waals surface area contributed by atoms with E-state index < -0.39 is 5.97 Å². The van der Waals surface area contributed by atoms with E-state index in [2.05, 4.69) is 13.8 Å². The molecule has 0 bridgehead atoms. The molecular formula is C42H58O5. The summed E-state index contributed by atoms with van der Waals surface area (Å²) in [5.41, 5.74) is 2.97. The van der Waals surface area contributed by atoms with Gasteiger partial charge in [-0.15, -0.1) is 0 Å². The summed E-state index contributed by atoms with van der Waals surface area (Å²) >= 11 is 0. The van der Waals surface area contributed by atoms with Crippen molar-refractivity contribution in [3.05, 3.63) is 83.9 Å². The summed E-state index contributed by atoms with van der Waals surface area (Å²) in [7, 11) is 0. The molecule has 0 heterocycles. The van der Waals surface area contributed by atoms with E-state index in [1.807, 2.05) is 43.3 Å². The average molecular weight is 643 g/mol. The van der Waals surface area contributed by atoms with Gasteiger partial charge in [-0.1, -0.05) is 128 Å². The summed E-state index contributed by atoms with van der Waals surface area (Å²) in [5.74, 6) is 0.455. The molecule has 3 aromatic rings. The summed E-state index contributed by atoms with van der Waals surface area (Å²) < 4.78 is 17.1. The topological polar surface area (TPSA) is 61.8 Å². The second-order valence-corrected chi connectivity index (χ2v) is 12.8. The van der Waals surface area contributed by atoms with E-state index >= 15 is 0 Å². The molecule has 3 rings (SSSR count). The Labute approximate surface area is 284 Å². The third-order valence-corrected chi connectivity index (χ3v) is 8.65. The largest absolute Gasteiger partial charge is 0.494 e. The van der Waals surface area contributed by atoms with Crippen LogP contribution < -0.4 is 9.47 Å². The Morgan fingerprint density at radius 3 is 1.49 bits per heavy atom. The lowest BCUT2D eigenvalue weighted by atomic mass is 10.0. The molecule has 0 saturated carbocycles. The van der Waals surface area contributed by atoms with E-state index in [1.165, 1.54) is 89.9 Å². The van der Waals surface area contributed by atoms with Crippen molar-refractivity contribution >= 4 is 11.9 Å². The number of carbonyl (C=O) groups is 2. The lowest BCUT2D eigenvalue weighted by Crippen LogP contribution is -2.15. The Morgan fingerprint density at radius 1 is 0.511 bits per heavy atom. The van der Waals surface area contributed by atoms with Gasteiger partial charge in [-0.05, 0) is 85.8 Å². The first-order valence-corrected chi connectivity index (χ1v) is 18.4. The van der Waals surface area contributed by atoms with Gasteiger partial charge in [0.1, 0.15) is 11.5 Å². The van der Waals surface area contributed by atoms with Crippen LogP contribution in [0, 0.1) is 0 Å². The van der Waals surface area contributed by atoms with Crippen LogP contribution in [0.3, 0.4) is 0 Å². The third-order valence-electron chi connectivity index (χ3n) is 8.65. The summed E-state index contributed by atoms with van der Waals surface area (Å²) in [6.45, 7) is 7.17. The maximum atomic E-state index is 12.8. The highest BCUT2D eigenvalue weighted by Crippen LogP contribution is 2.24. The number of benzene rings is 3. The molecule has 47 heavy (non-hydrogen) atoms. The van der Waals surface area contributed by atoms with Crippen molar-refractivity contribution in [3.8, 4) is 22.6 Å². The van der Waals surface area contributed by atoms with Gasteiger partial charge in [-0.25, -0.2) is 9.59 Å². The van der Waals surface area contributed by atoms with Crippen molar-refractivity contribution in [2.24, 2.45) is 0 Å². The molecule has 0 N–H and O–H groups in total. The highest BCUT2D eigenvalue weighted by atomic mass is 16.5. The van der Waals surface area contributed by atoms with Gasteiger partial charge in [-0.2, -0.15) is 0 Å². The molecule has 3 aromatic carbocycles. The highest BCUT2D eigenvalue weighted by Gasteiger charge is 2.14. The van der Waals surface area contributed by atoms with E-state index in [0.29, 0.717) is 16.9 Å². The minimum absolute atomic E-state index is 0.125. The Bertz CT molecular complexity index is 1260. The van der Waals surface area contributed by atoms with Crippen LogP contribution in [0.25, 0.3) is 11.1 Å². The quantitative estimate of drug-likeness (QED) is 0.0553. The minimum Gasteiger partial charge on any atom is -0.494 e. The van der Waals surface area contributed by atoms with Gasteiger partial charge in [0.15, 0.2) is 0 Å². The van der Waals surface area contributed by atoms with Crippen LogP contribution >= 0.6 is 0 Å².